The number of hydrogen-bond donors (Lipinski definition) is 0. The maximum Gasteiger partial charge on any atom is 0.246 e. The van der Waals surface area contributed by atoms with Crippen molar-refractivity contribution in [3.8, 4) is 0 Å². The van der Waals surface area contributed by atoms with Crippen LogP contribution in [0.4, 0.5) is 4.39 Å². The summed E-state index contributed by atoms with van der Waals surface area (Å²) in [5.74, 6) is -0.209. The average molecular weight is 385 g/mol. The van der Waals surface area contributed by atoms with Crippen molar-refractivity contribution in [3.63, 3.8) is 0 Å². The highest BCUT2D eigenvalue weighted by Crippen LogP contribution is 2.30. The van der Waals surface area contributed by atoms with Gasteiger partial charge in [-0.3, -0.25) is 0 Å². The van der Waals surface area contributed by atoms with Gasteiger partial charge in [0, 0.05) is 22.9 Å². The van der Waals surface area contributed by atoms with Gasteiger partial charge in [-0.15, -0.1) is 11.6 Å². The predicted molar refractivity (Wildman–Crippen MR) is 81.0 cm³/mol. The highest BCUT2D eigenvalue weighted by molar-refractivity contribution is 9.10. The molecule has 1 fully saturated rings. The molecule has 1 aromatic rings. The Morgan fingerprint density at radius 1 is 1.45 bits per heavy atom. The van der Waals surface area contributed by atoms with Crippen LogP contribution in [0, 0.1) is 5.82 Å². The molecule has 0 amide bonds. The van der Waals surface area contributed by atoms with Gasteiger partial charge in [0.25, 0.3) is 0 Å². The minimum absolute atomic E-state index is 0.0678. The Morgan fingerprint density at radius 2 is 2.20 bits per heavy atom. The smallest absolute Gasteiger partial charge is 0.207 e. The average Bonchev–Trinajstić information content (AvgIpc) is 2.84. The fourth-order valence-corrected chi connectivity index (χ4v) is 4.80. The van der Waals surface area contributed by atoms with Crippen LogP contribution >= 0.6 is 27.5 Å². The Labute approximate surface area is 132 Å². The number of alkyl halides is 1. The van der Waals surface area contributed by atoms with Gasteiger partial charge in [0.15, 0.2) is 0 Å². The molecule has 1 aliphatic rings. The lowest BCUT2D eigenvalue weighted by molar-refractivity contribution is 0.366. The van der Waals surface area contributed by atoms with Crippen molar-refractivity contribution < 1.29 is 12.8 Å². The third-order valence-corrected chi connectivity index (χ3v) is 6.22. The van der Waals surface area contributed by atoms with E-state index in [9.17, 15) is 12.8 Å². The molecule has 1 aromatic carbocycles. The van der Waals surface area contributed by atoms with E-state index in [4.69, 9.17) is 11.6 Å². The fourth-order valence-electron chi connectivity index (χ4n) is 2.54. The zero-order valence-electron chi connectivity index (χ0n) is 10.9. The summed E-state index contributed by atoms with van der Waals surface area (Å²) in [4.78, 5) is -0.251. The van der Waals surface area contributed by atoms with E-state index in [1.165, 1.54) is 16.4 Å². The first-order chi connectivity index (χ1) is 9.46. The van der Waals surface area contributed by atoms with Crippen molar-refractivity contribution in [2.24, 2.45) is 0 Å². The molecule has 1 unspecified atom stereocenters. The number of halogens is 3. The second-order valence-corrected chi connectivity index (χ2v) is 7.97. The van der Waals surface area contributed by atoms with Crippen LogP contribution in [0.1, 0.15) is 25.7 Å². The molecule has 0 aromatic heterocycles. The Balaban J connectivity index is 2.29. The van der Waals surface area contributed by atoms with Crippen molar-refractivity contribution in [1.29, 1.82) is 0 Å². The molecule has 2 rings (SSSR count). The molecule has 1 saturated heterocycles. The highest BCUT2D eigenvalue weighted by Gasteiger charge is 2.36. The van der Waals surface area contributed by atoms with Crippen molar-refractivity contribution in [1.82, 2.24) is 4.31 Å². The predicted octanol–water partition coefficient (Wildman–Crippen LogP) is 3.76. The lowest BCUT2D eigenvalue weighted by atomic mass is 10.1. The molecular formula is C13H16BrClFNO2S. The lowest BCUT2D eigenvalue weighted by Gasteiger charge is -2.24. The van der Waals surface area contributed by atoms with E-state index in [-0.39, 0.29) is 10.9 Å². The molecule has 0 spiro atoms. The normalized spacial score (nSPS) is 20.4. The van der Waals surface area contributed by atoms with Gasteiger partial charge in [-0.2, -0.15) is 4.31 Å². The summed E-state index contributed by atoms with van der Waals surface area (Å²) in [6.45, 7) is 0.449. The Hall–Kier alpha value is -0.170. The molecule has 0 saturated carbocycles. The van der Waals surface area contributed by atoms with Crippen LogP contribution in [0.5, 0.6) is 0 Å². The molecule has 20 heavy (non-hydrogen) atoms. The van der Waals surface area contributed by atoms with Gasteiger partial charge in [-0.1, -0.05) is 15.9 Å². The van der Waals surface area contributed by atoms with Crippen molar-refractivity contribution in [2.75, 3.05) is 12.4 Å². The van der Waals surface area contributed by atoms with Gasteiger partial charge in [0.05, 0.1) is 0 Å². The summed E-state index contributed by atoms with van der Waals surface area (Å²) in [5, 5.41) is 0. The molecule has 0 aliphatic carbocycles. The monoisotopic (exact) mass is 383 g/mol. The second kappa shape index (κ2) is 6.73. The molecule has 112 valence electrons. The minimum atomic E-state index is -3.77. The van der Waals surface area contributed by atoms with E-state index in [2.05, 4.69) is 15.9 Å². The van der Waals surface area contributed by atoms with Crippen molar-refractivity contribution in [3.05, 3.63) is 28.5 Å². The first kappa shape index (κ1) is 16.2. The largest absolute Gasteiger partial charge is 0.246 e. The van der Waals surface area contributed by atoms with E-state index < -0.39 is 15.8 Å². The van der Waals surface area contributed by atoms with Gasteiger partial charge in [-0.05, 0) is 43.9 Å². The molecule has 1 heterocycles. The zero-order chi connectivity index (χ0) is 14.8. The number of rotatable bonds is 5. The van der Waals surface area contributed by atoms with Crippen LogP contribution in [0.15, 0.2) is 27.6 Å². The van der Waals surface area contributed by atoms with Gasteiger partial charge in [0.1, 0.15) is 10.7 Å². The summed E-state index contributed by atoms with van der Waals surface area (Å²) in [7, 11) is -3.77. The number of sulfonamides is 1. The minimum Gasteiger partial charge on any atom is -0.207 e. The first-order valence-electron chi connectivity index (χ1n) is 6.49. The molecule has 7 heteroatoms. The van der Waals surface area contributed by atoms with Crippen LogP contribution < -0.4 is 0 Å². The molecule has 1 atom stereocenters. The van der Waals surface area contributed by atoms with Crippen LogP contribution in [0.2, 0.25) is 0 Å². The van der Waals surface area contributed by atoms with E-state index in [1.807, 2.05) is 0 Å². The fraction of sp³-hybridized carbons (Fsp3) is 0.538. The van der Waals surface area contributed by atoms with Crippen LogP contribution in [-0.4, -0.2) is 31.2 Å². The summed E-state index contributed by atoms with van der Waals surface area (Å²) in [5.41, 5.74) is 0. The molecule has 1 aliphatic heterocycles. The van der Waals surface area contributed by atoms with E-state index >= 15 is 0 Å². The number of benzene rings is 1. The lowest BCUT2D eigenvalue weighted by Crippen LogP contribution is -2.36. The SMILES string of the molecule is O=S(=O)(c1ccc(Br)cc1F)N1CCCC1CCCCl. The third-order valence-electron chi connectivity index (χ3n) is 3.47. The third kappa shape index (κ3) is 3.35. The number of nitrogens with zero attached hydrogens (tertiary/aromatic N) is 1. The Bertz CT molecular complexity index is 582. The van der Waals surface area contributed by atoms with E-state index in [1.54, 1.807) is 6.07 Å². The van der Waals surface area contributed by atoms with Crippen molar-refractivity contribution >= 4 is 37.6 Å². The first-order valence-corrected chi connectivity index (χ1v) is 9.26. The Morgan fingerprint density at radius 3 is 2.85 bits per heavy atom. The maximum absolute atomic E-state index is 13.9. The van der Waals surface area contributed by atoms with Crippen LogP contribution in [-0.2, 0) is 10.0 Å². The standard InChI is InChI=1S/C13H16BrClFNO2S/c14-10-5-6-13(12(16)9-10)20(18,19)17-8-2-4-11(17)3-1-7-15/h5-6,9,11H,1-4,7-8H2. The Kier molecular flexibility index (Phi) is 5.45. The van der Waals surface area contributed by atoms with Crippen molar-refractivity contribution in [2.45, 2.75) is 36.6 Å². The summed E-state index contributed by atoms with van der Waals surface area (Å²) in [6.07, 6.45) is 3.11. The van der Waals surface area contributed by atoms with Crippen LogP contribution in [0.3, 0.4) is 0 Å². The highest BCUT2D eigenvalue weighted by atomic mass is 79.9. The van der Waals surface area contributed by atoms with Gasteiger partial charge >= 0.3 is 0 Å². The van der Waals surface area contributed by atoms with Gasteiger partial charge in [-0.25, -0.2) is 12.8 Å². The topological polar surface area (TPSA) is 37.4 Å². The molecule has 3 nitrogen and oxygen atoms in total. The van der Waals surface area contributed by atoms with Crippen LogP contribution in [0.25, 0.3) is 0 Å². The van der Waals surface area contributed by atoms with E-state index in [0.717, 1.165) is 25.7 Å². The molecular weight excluding hydrogens is 369 g/mol. The summed E-state index contributed by atoms with van der Waals surface area (Å²) in [6, 6.07) is 3.96. The summed E-state index contributed by atoms with van der Waals surface area (Å²) >= 11 is 8.80. The zero-order valence-corrected chi connectivity index (χ0v) is 14.0. The summed E-state index contributed by atoms with van der Waals surface area (Å²) < 4.78 is 41.0. The molecule has 0 N–H and O–H groups in total. The van der Waals surface area contributed by atoms with Gasteiger partial charge < -0.3 is 0 Å². The molecule has 0 bridgehead atoms. The quantitative estimate of drug-likeness (QED) is 0.725. The molecule has 0 radical (unpaired) electrons. The second-order valence-electron chi connectivity index (χ2n) is 4.82. The number of hydrogen-bond acceptors (Lipinski definition) is 2. The maximum atomic E-state index is 13.9. The van der Waals surface area contributed by atoms with Gasteiger partial charge in [0.2, 0.25) is 10.0 Å². The van der Waals surface area contributed by atoms with E-state index in [0.29, 0.717) is 16.9 Å².